The summed E-state index contributed by atoms with van der Waals surface area (Å²) in [5.41, 5.74) is 3.59. The van der Waals surface area contributed by atoms with Gasteiger partial charge >= 0.3 is 0 Å². The van der Waals surface area contributed by atoms with Crippen LogP contribution in [0, 0.1) is 6.92 Å². The summed E-state index contributed by atoms with van der Waals surface area (Å²) in [6.07, 6.45) is 0. The average molecular weight is 459 g/mol. The maximum atomic E-state index is 12.9. The van der Waals surface area contributed by atoms with Gasteiger partial charge in [-0.2, -0.15) is 0 Å². The minimum Gasteiger partial charge on any atom is -0.345 e. The third-order valence-electron chi connectivity index (χ3n) is 5.26. The lowest BCUT2D eigenvalue weighted by Crippen LogP contribution is -2.36. The zero-order chi connectivity index (χ0) is 24.5. The van der Waals surface area contributed by atoms with Gasteiger partial charge in [-0.25, -0.2) is 0 Å². The normalized spacial score (nSPS) is 11.5. The number of likely N-dealkylation sites (N-methyl/N-ethyl adjacent to an activating group) is 1. The van der Waals surface area contributed by atoms with Gasteiger partial charge in [0.1, 0.15) is 0 Å². The number of hydrogen-bond acceptors (Lipinski definition) is 4. The van der Waals surface area contributed by atoms with Crippen LogP contribution in [0.3, 0.4) is 0 Å². The molecule has 0 bridgehead atoms. The lowest BCUT2D eigenvalue weighted by atomic mass is 10.1. The summed E-state index contributed by atoms with van der Waals surface area (Å²) < 4.78 is 0. The van der Waals surface area contributed by atoms with Crippen LogP contribution >= 0.6 is 0 Å². The first-order valence-corrected chi connectivity index (χ1v) is 11.1. The number of rotatable bonds is 9. The molecule has 3 amide bonds. The second-order valence-electron chi connectivity index (χ2n) is 8.29. The highest BCUT2D eigenvalue weighted by Gasteiger charge is 2.17. The fourth-order valence-electron chi connectivity index (χ4n) is 3.46. The van der Waals surface area contributed by atoms with Crippen molar-refractivity contribution in [2.75, 3.05) is 30.8 Å². The van der Waals surface area contributed by atoms with E-state index >= 15 is 0 Å². The molecule has 34 heavy (non-hydrogen) atoms. The zero-order valence-electron chi connectivity index (χ0n) is 19.7. The fourth-order valence-corrected chi connectivity index (χ4v) is 3.46. The molecular formula is C27H30N4O3. The number of carbonyl (C=O) groups is 3. The monoisotopic (exact) mass is 458 g/mol. The minimum atomic E-state index is -0.318. The largest absolute Gasteiger partial charge is 0.345 e. The molecule has 0 radical (unpaired) electrons. The van der Waals surface area contributed by atoms with Crippen molar-refractivity contribution in [2.45, 2.75) is 19.9 Å². The Morgan fingerprint density at radius 2 is 1.38 bits per heavy atom. The van der Waals surface area contributed by atoms with E-state index in [2.05, 4.69) is 16.0 Å². The molecule has 0 aliphatic carbocycles. The van der Waals surface area contributed by atoms with Gasteiger partial charge in [0.25, 0.3) is 5.91 Å². The van der Waals surface area contributed by atoms with E-state index in [-0.39, 0.29) is 36.9 Å². The first kappa shape index (κ1) is 24.7. The Bertz CT molecular complexity index is 1130. The van der Waals surface area contributed by atoms with Gasteiger partial charge in [-0.15, -0.1) is 0 Å². The number of carbonyl (C=O) groups excluding carboxylic acids is 3. The van der Waals surface area contributed by atoms with Crippen LogP contribution in [0.4, 0.5) is 11.4 Å². The number of nitrogens with zero attached hydrogens (tertiary/aromatic N) is 1. The Morgan fingerprint density at radius 1 is 0.794 bits per heavy atom. The Kier molecular flexibility index (Phi) is 8.54. The molecule has 3 N–H and O–H groups in total. The molecular weight excluding hydrogens is 428 g/mol. The van der Waals surface area contributed by atoms with Gasteiger partial charge in [0.05, 0.1) is 30.4 Å². The average Bonchev–Trinajstić information content (AvgIpc) is 2.81. The number of benzene rings is 3. The maximum Gasteiger partial charge on any atom is 0.253 e. The molecule has 0 spiro atoms. The summed E-state index contributed by atoms with van der Waals surface area (Å²) in [4.78, 5) is 39.4. The van der Waals surface area contributed by atoms with Crippen molar-refractivity contribution in [3.63, 3.8) is 0 Å². The number of nitrogens with one attached hydrogen (secondary N) is 3. The van der Waals surface area contributed by atoms with Crippen LogP contribution in [-0.4, -0.2) is 42.8 Å². The molecule has 1 atom stereocenters. The van der Waals surface area contributed by atoms with Crippen molar-refractivity contribution in [3.8, 4) is 0 Å². The lowest BCUT2D eigenvalue weighted by Gasteiger charge is -2.18. The number of anilines is 2. The van der Waals surface area contributed by atoms with E-state index in [0.29, 0.717) is 16.9 Å². The zero-order valence-corrected chi connectivity index (χ0v) is 19.7. The molecule has 3 aromatic carbocycles. The maximum absolute atomic E-state index is 12.9. The van der Waals surface area contributed by atoms with Crippen molar-refractivity contribution < 1.29 is 14.4 Å². The highest BCUT2D eigenvalue weighted by atomic mass is 16.2. The van der Waals surface area contributed by atoms with Crippen molar-refractivity contribution in [1.29, 1.82) is 0 Å². The molecule has 0 aliphatic heterocycles. The molecule has 3 rings (SSSR count). The van der Waals surface area contributed by atoms with Crippen LogP contribution in [0.2, 0.25) is 0 Å². The summed E-state index contributed by atoms with van der Waals surface area (Å²) in [5, 5.41) is 8.57. The quantitative estimate of drug-likeness (QED) is 0.452. The van der Waals surface area contributed by atoms with Crippen LogP contribution in [0.1, 0.15) is 34.5 Å². The molecule has 7 nitrogen and oxygen atoms in total. The van der Waals surface area contributed by atoms with Crippen LogP contribution in [0.25, 0.3) is 0 Å². The summed E-state index contributed by atoms with van der Waals surface area (Å²) in [5.74, 6) is -0.811. The topological polar surface area (TPSA) is 90.5 Å². The standard InChI is InChI=1S/C27H30N4O3/c1-19-13-15-22(16-14-19)29-25(32)17-31(3)18-26(33)30-24-12-8-7-11-23(24)27(34)28-20(2)21-9-5-4-6-10-21/h4-16,20H,17-18H2,1-3H3,(H,28,34)(H,29,32)(H,30,33). The van der Waals surface area contributed by atoms with E-state index < -0.39 is 0 Å². The van der Waals surface area contributed by atoms with Gasteiger partial charge in [0, 0.05) is 5.69 Å². The predicted octanol–water partition coefficient (Wildman–Crippen LogP) is 4.00. The van der Waals surface area contributed by atoms with Crippen LogP contribution in [-0.2, 0) is 9.59 Å². The summed E-state index contributed by atoms with van der Waals surface area (Å²) in [6.45, 7) is 3.93. The van der Waals surface area contributed by atoms with Gasteiger partial charge in [0.15, 0.2) is 0 Å². The fraction of sp³-hybridized carbons (Fsp3) is 0.222. The van der Waals surface area contributed by atoms with Crippen molar-refractivity contribution in [3.05, 3.63) is 95.6 Å². The molecule has 0 saturated carbocycles. The number of para-hydroxylation sites is 1. The highest BCUT2D eigenvalue weighted by molar-refractivity contribution is 6.04. The number of amides is 3. The summed E-state index contributed by atoms with van der Waals surface area (Å²) in [6, 6.07) is 23.8. The second kappa shape index (κ2) is 11.8. The number of hydrogen-bond donors (Lipinski definition) is 3. The van der Waals surface area contributed by atoms with E-state index in [1.807, 2.05) is 68.4 Å². The lowest BCUT2D eigenvalue weighted by molar-refractivity contribution is -0.119. The van der Waals surface area contributed by atoms with Crippen molar-refractivity contribution in [1.82, 2.24) is 10.2 Å². The SMILES string of the molecule is Cc1ccc(NC(=O)CN(C)CC(=O)Nc2ccccc2C(=O)NC(C)c2ccccc2)cc1. The highest BCUT2D eigenvalue weighted by Crippen LogP contribution is 2.18. The third kappa shape index (κ3) is 7.28. The second-order valence-corrected chi connectivity index (χ2v) is 8.29. The van der Waals surface area contributed by atoms with E-state index in [9.17, 15) is 14.4 Å². The molecule has 0 aliphatic rings. The Balaban J connectivity index is 1.54. The Morgan fingerprint density at radius 3 is 2.06 bits per heavy atom. The van der Waals surface area contributed by atoms with E-state index in [0.717, 1.165) is 11.1 Å². The van der Waals surface area contributed by atoms with Gasteiger partial charge in [-0.3, -0.25) is 19.3 Å². The van der Waals surface area contributed by atoms with E-state index in [4.69, 9.17) is 0 Å². The van der Waals surface area contributed by atoms with Crippen LogP contribution < -0.4 is 16.0 Å². The van der Waals surface area contributed by atoms with Crippen molar-refractivity contribution >= 4 is 29.1 Å². The predicted molar refractivity (Wildman–Crippen MR) is 135 cm³/mol. The molecule has 0 heterocycles. The molecule has 0 fully saturated rings. The molecule has 176 valence electrons. The summed E-state index contributed by atoms with van der Waals surface area (Å²) in [7, 11) is 1.69. The van der Waals surface area contributed by atoms with E-state index in [1.165, 1.54) is 0 Å². The van der Waals surface area contributed by atoms with Gasteiger partial charge < -0.3 is 16.0 Å². The third-order valence-corrected chi connectivity index (χ3v) is 5.26. The van der Waals surface area contributed by atoms with Gasteiger partial charge in [-0.05, 0) is 50.7 Å². The van der Waals surface area contributed by atoms with Crippen LogP contribution in [0.15, 0.2) is 78.9 Å². The Hall–Kier alpha value is -3.97. The molecule has 7 heteroatoms. The molecule has 3 aromatic rings. The first-order chi connectivity index (χ1) is 16.3. The first-order valence-electron chi connectivity index (χ1n) is 11.1. The summed E-state index contributed by atoms with van der Waals surface area (Å²) >= 11 is 0. The molecule has 1 unspecified atom stereocenters. The minimum absolute atomic E-state index is 0.00229. The van der Waals surface area contributed by atoms with Crippen molar-refractivity contribution in [2.24, 2.45) is 0 Å². The van der Waals surface area contributed by atoms with Gasteiger partial charge in [0.2, 0.25) is 11.8 Å². The Labute approximate surface area is 200 Å². The smallest absolute Gasteiger partial charge is 0.253 e. The molecule has 0 aromatic heterocycles. The van der Waals surface area contributed by atoms with Gasteiger partial charge in [-0.1, -0.05) is 60.2 Å². The van der Waals surface area contributed by atoms with E-state index in [1.54, 1.807) is 36.2 Å². The van der Waals surface area contributed by atoms with Crippen LogP contribution in [0.5, 0.6) is 0 Å². The molecule has 0 saturated heterocycles. The number of aryl methyl sites for hydroxylation is 1.